The molecule has 0 spiro atoms. The molecule has 0 radical (unpaired) electrons. The van der Waals surface area contributed by atoms with Crippen LogP contribution in [0.25, 0.3) is 0 Å². The molecule has 0 aliphatic rings. The molecular weight excluding hydrogens is 378 g/mol. The number of nitrogens with one attached hydrogen (secondary N) is 1. The number of alkyl carbamates (subject to hydrolysis) is 1. The van der Waals surface area contributed by atoms with E-state index in [1.807, 2.05) is 0 Å². The standard InChI is InChI=1S/C21H42BrNO2/c1-3-5-7-9-10-12-16-20(15-11-8-6-4-2)19-25-21(24)23-18-14-13-17-22/h20H,3-19H2,1-2H3,(H,23,24). The van der Waals surface area contributed by atoms with Crippen LogP contribution < -0.4 is 5.32 Å². The Morgan fingerprint density at radius 2 is 1.40 bits per heavy atom. The van der Waals surface area contributed by atoms with Gasteiger partial charge >= 0.3 is 6.09 Å². The number of hydrogen-bond acceptors (Lipinski definition) is 2. The summed E-state index contributed by atoms with van der Waals surface area (Å²) in [5.74, 6) is 0.538. The molecule has 0 aromatic carbocycles. The zero-order chi connectivity index (χ0) is 18.6. The van der Waals surface area contributed by atoms with E-state index in [0.717, 1.165) is 18.2 Å². The topological polar surface area (TPSA) is 38.3 Å². The highest BCUT2D eigenvalue weighted by Gasteiger charge is 2.12. The second-order valence-corrected chi connectivity index (χ2v) is 7.99. The highest BCUT2D eigenvalue weighted by Crippen LogP contribution is 2.19. The van der Waals surface area contributed by atoms with Crippen molar-refractivity contribution in [2.24, 2.45) is 5.92 Å². The number of alkyl halides is 1. The SMILES string of the molecule is CCCCCCCCC(CCCCCC)COC(=O)NCCCCBr. The van der Waals surface area contributed by atoms with Crippen molar-refractivity contribution in [1.29, 1.82) is 0 Å². The number of ether oxygens (including phenoxy) is 1. The van der Waals surface area contributed by atoms with Crippen LogP contribution in [0.4, 0.5) is 4.79 Å². The van der Waals surface area contributed by atoms with Crippen molar-refractivity contribution in [3.05, 3.63) is 0 Å². The minimum Gasteiger partial charge on any atom is -0.449 e. The molecule has 1 atom stereocenters. The molecule has 0 aromatic rings. The Morgan fingerprint density at radius 3 is 2.00 bits per heavy atom. The van der Waals surface area contributed by atoms with Gasteiger partial charge in [0, 0.05) is 11.9 Å². The van der Waals surface area contributed by atoms with Gasteiger partial charge in [-0.3, -0.25) is 0 Å². The van der Waals surface area contributed by atoms with Gasteiger partial charge in [-0.2, -0.15) is 0 Å². The summed E-state index contributed by atoms with van der Waals surface area (Å²) in [6.07, 6.45) is 17.4. The highest BCUT2D eigenvalue weighted by molar-refractivity contribution is 9.09. The first-order valence-corrected chi connectivity index (χ1v) is 11.8. The van der Waals surface area contributed by atoms with Crippen molar-refractivity contribution in [1.82, 2.24) is 5.32 Å². The van der Waals surface area contributed by atoms with Gasteiger partial charge in [0.25, 0.3) is 0 Å². The average Bonchev–Trinajstić information content (AvgIpc) is 2.62. The molecule has 0 heterocycles. The van der Waals surface area contributed by atoms with Crippen LogP contribution in [-0.2, 0) is 4.74 Å². The maximum atomic E-state index is 11.8. The number of unbranched alkanes of at least 4 members (excludes halogenated alkanes) is 9. The van der Waals surface area contributed by atoms with E-state index in [2.05, 4.69) is 35.1 Å². The van der Waals surface area contributed by atoms with E-state index in [4.69, 9.17) is 4.74 Å². The first-order chi connectivity index (χ1) is 12.2. The predicted molar refractivity (Wildman–Crippen MR) is 113 cm³/mol. The molecule has 0 bridgehead atoms. The van der Waals surface area contributed by atoms with Gasteiger partial charge in [0.2, 0.25) is 0 Å². The third-order valence-corrected chi connectivity index (χ3v) is 5.27. The molecule has 1 amide bonds. The van der Waals surface area contributed by atoms with E-state index < -0.39 is 0 Å². The van der Waals surface area contributed by atoms with Crippen LogP contribution >= 0.6 is 15.9 Å². The van der Waals surface area contributed by atoms with Gasteiger partial charge in [0.05, 0.1) is 6.61 Å². The normalized spacial score (nSPS) is 12.1. The third-order valence-electron chi connectivity index (χ3n) is 4.71. The lowest BCUT2D eigenvalue weighted by molar-refractivity contribution is 0.120. The second kappa shape index (κ2) is 20.1. The molecule has 0 saturated carbocycles. The van der Waals surface area contributed by atoms with Gasteiger partial charge in [-0.25, -0.2) is 4.79 Å². The first-order valence-electron chi connectivity index (χ1n) is 10.7. The zero-order valence-corrected chi connectivity index (χ0v) is 18.4. The highest BCUT2D eigenvalue weighted by atomic mass is 79.9. The molecule has 0 aliphatic heterocycles. The maximum absolute atomic E-state index is 11.8. The Kier molecular flexibility index (Phi) is 19.9. The fraction of sp³-hybridized carbons (Fsp3) is 0.952. The number of amides is 1. The summed E-state index contributed by atoms with van der Waals surface area (Å²) in [5.41, 5.74) is 0. The minimum absolute atomic E-state index is 0.240. The molecule has 0 aromatic heterocycles. The van der Waals surface area contributed by atoms with Crippen LogP contribution in [0.5, 0.6) is 0 Å². The number of rotatable bonds is 18. The minimum atomic E-state index is -0.240. The van der Waals surface area contributed by atoms with Crippen LogP contribution in [0.2, 0.25) is 0 Å². The van der Waals surface area contributed by atoms with Gasteiger partial charge in [0.15, 0.2) is 0 Å². The number of halogens is 1. The van der Waals surface area contributed by atoms with Crippen LogP contribution in [0.1, 0.15) is 104 Å². The number of carbonyl (C=O) groups is 1. The summed E-state index contributed by atoms with van der Waals surface area (Å²) < 4.78 is 5.48. The molecular formula is C21H42BrNO2. The lowest BCUT2D eigenvalue weighted by atomic mass is 9.95. The van der Waals surface area contributed by atoms with Crippen LogP contribution in [-0.4, -0.2) is 24.6 Å². The summed E-state index contributed by atoms with van der Waals surface area (Å²) in [6, 6.07) is 0. The van der Waals surface area contributed by atoms with Gasteiger partial charge in [-0.05, 0) is 31.6 Å². The Morgan fingerprint density at radius 1 is 0.840 bits per heavy atom. The zero-order valence-electron chi connectivity index (χ0n) is 16.8. The molecule has 0 saturated heterocycles. The molecule has 25 heavy (non-hydrogen) atoms. The van der Waals surface area contributed by atoms with E-state index >= 15 is 0 Å². The molecule has 1 N–H and O–H groups in total. The van der Waals surface area contributed by atoms with E-state index in [9.17, 15) is 4.79 Å². The molecule has 150 valence electrons. The fourth-order valence-corrected chi connectivity index (χ4v) is 3.44. The fourth-order valence-electron chi connectivity index (χ4n) is 3.04. The molecule has 0 rings (SSSR count). The third kappa shape index (κ3) is 18.3. The lowest BCUT2D eigenvalue weighted by Gasteiger charge is -2.17. The smallest absolute Gasteiger partial charge is 0.407 e. The number of hydrogen-bond donors (Lipinski definition) is 1. The second-order valence-electron chi connectivity index (χ2n) is 7.19. The van der Waals surface area contributed by atoms with Crippen molar-refractivity contribution in [3.63, 3.8) is 0 Å². The molecule has 1 unspecified atom stereocenters. The average molecular weight is 420 g/mol. The van der Waals surface area contributed by atoms with Gasteiger partial charge in [-0.15, -0.1) is 0 Å². The van der Waals surface area contributed by atoms with Crippen LogP contribution in [0.15, 0.2) is 0 Å². The quantitative estimate of drug-likeness (QED) is 0.188. The Balaban J connectivity index is 3.92. The van der Waals surface area contributed by atoms with Crippen molar-refractivity contribution in [2.45, 2.75) is 104 Å². The van der Waals surface area contributed by atoms with Gasteiger partial charge in [0.1, 0.15) is 0 Å². The van der Waals surface area contributed by atoms with Crippen LogP contribution in [0, 0.1) is 5.92 Å². The van der Waals surface area contributed by atoms with Crippen molar-refractivity contribution < 1.29 is 9.53 Å². The van der Waals surface area contributed by atoms with E-state index in [1.54, 1.807) is 0 Å². The molecule has 3 nitrogen and oxygen atoms in total. The van der Waals surface area contributed by atoms with Crippen molar-refractivity contribution in [3.8, 4) is 0 Å². The summed E-state index contributed by atoms with van der Waals surface area (Å²) in [7, 11) is 0. The summed E-state index contributed by atoms with van der Waals surface area (Å²) in [5, 5.41) is 3.85. The van der Waals surface area contributed by atoms with E-state index in [1.165, 1.54) is 77.0 Å². The monoisotopic (exact) mass is 419 g/mol. The van der Waals surface area contributed by atoms with Crippen LogP contribution in [0.3, 0.4) is 0 Å². The Labute approximate surface area is 165 Å². The van der Waals surface area contributed by atoms with Gasteiger partial charge < -0.3 is 10.1 Å². The van der Waals surface area contributed by atoms with Gasteiger partial charge in [-0.1, -0.05) is 94.0 Å². The van der Waals surface area contributed by atoms with E-state index in [-0.39, 0.29) is 6.09 Å². The van der Waals surface area contributed by atoms with Crippen molar-refractivity contribution in [2.75, 3.05) is 18.5 Å². The predicted octanol–water partition coefficient (Wildman–Crippen LogP) is 7.22. The largest absolute Gasteiger partial charge is 0.449 e. The molecule has 4 heteroatoms. The summed E-state index contributed by atoms with van der Waals surface area (Å²) in [6.45, 7) is 5.81. The maximum Gasteiger partial charge on any atom is 0.407 e. The Bertz CT molecular complexity index is 287. The summed E-state index contributed by atoms with van der Waals surface area (Å²) >= 11 is 3.40. The first kappa shape index (κ1) is 24.8. The summed E-state index contributed by atoms with van der Waals surface area (Å²) in [4.78, 5) is 11.8. The number of carbonyl (C=O) groups excluding carboxylic acids is 1. The molecule has 0 fully saturated rings. The van der Waals surface area contributed by atoms with E-state index in [0.29, 0.717) is 19.1 Å². The Hall–Kier alpha value is -0.250. The van der Waals surface area contributed by atoms with Crippen molar-refractivity contribution >= 4 is 22.0 Å². The lowest BCUT2D eigenvalue weighted by Crippen LogP contribution is -2.27. The molecule has 0 aliphatic carbocycles.